The van der Waals surface area contributed by atoms with Gasteiger partial charge in [-0.05, 0) is 48.6 Å². The van der Waals surface area contributed by atoms with E-state index in [1.54, 1.807) is 51.1 Å². The quantitative estimate of drug-likeness (QED) is 0.0833. The summed E-state index contributed by atoms with van der Waals surface area (Å²) in [6.45, 7) is 6.25. The van der Waals surface area contributed by atoms with Crippen LogP contribution in [0.3, 0.4) is 0 Å². The van der Waals surface area contributed by atoms with E-state index in [1.165, 1.54) is 7.11 Å². The molecule has 5 aromatic carbocycles. The van der Waals surface area contributed by atoms with Crippen LogP contribution in [-0.2, 0) is 76.2 Å². The number of rotatable bonds is 19. The fraction of sp³-hybridized carbons (Fsp3) is 0.354. The number of ether oxygens (including phenoxy) is 6. The van der Waals surface area contributed by atoms with Gasteiger partial charge in [0, 0.05) is 0 Å². The van der Waals surface area contributed by atoms with E-state index in [0.717, 1.165) is 22.3 Å². The average molecular weight is 822 g/mol. The van der Waals surface area contributed by atoms with Crippen LogP contribution in [0.5, 0.6) is 0 Å². The molecule has 1 aliphatic heterocycles. The van der Waals surface area contributed by atoms with Crippen LogP contribution in [0, 0.1) is 0 Å². The Kier molecular flexibility index (Phi) is 15.7. The van der Waals surface area contributed by atoms with Crippen molar-refractivity contribution in [3.63, 3.8) is 0 Å². The first-order valence-electron chi connectivity index (χ1n) is 19.9. The molecular formula is C48H55NO9S. The van der Waals surface area contributed by atoms with Gasteiger partial charge in [-0.2, -0.15) is 0 Å². The first-order valence-corrected chi connectivity index (χ1v) is 21.0. The Bertz CT molecular complexity index is 2020. The number of carbonyl (C=O) groups is 1. The van der Waals surface area contributed by atoms with Crippen LogP contribution >= 0.6 is 0 Å². The van der Waals surface area contributed by atoms with Crippen LogP contribution in [0.15, 0.2) is 152 Å². The Hall–Kier alpha value is -4.56. The minimum Gasteiger partial charge on any atom is -0.467 e. The molecule has 1 heterocycles. The van der Waals surface area contributed by atoms with E-state index in [-0.39, 0.29) is 38.6 Å². The molecule has 0 radical (unpaired) electrons. The standard InChI is InChI=1S/C48H55NO9S/c1-47(2,3)59(52)49-45(48(51,46(50)53-4)39-28-18-9-19-29-39)44-43(57-33-38-26-16-8-17-27-38)42(56-32-37-24-14-7-15-25-37)41(55-31-36-22-12-6-13-23-36)40(58-44)34-54-30-35-20-10-5-11-21-35/h5-29,40-45,49,51H,30-34H2,1-4H3/t40-,41-,42+,43-,44-,45-,48-,59+/m1/s1. The molecule has 11 heteroatoms. The molecular weight excluding hydrogens is 767 g/mol. The Balaban J connectivity index is 1.51. The van der Waals surface area contributed by atoms with Gasteiger partial charge in [0.25, 0.3) is 0 Å². The molecule has 1 fully saturated rings. The summed E-state index contributed by atoms with van der Waals surface area (Å²) < 4.78 is 56.1. The molecule has 0 amide bonds. The number of nitrogens with one attached hydrogen (secondary N) is 1. The van der Waals surface area contributed by atoms with Crippen LogP contribution in [0.2, 0.25) is 0 Å². The molecule has 59 heavy (non-hydrogen) atoms. The number of methoxy groups -OCH3 is 1. The van der Waals surface area contributed by atoms with Gasteiger partial charge in [0.05, 0.1) is 61.9 Å². The lowest BCUT2D eigenvalue weighted by Gasteiger charge is -2.50. The number of hydrogen-bond donors (Lipinski definition) is 2. The number of carbonyl (C=O) groups excluding carboxylic acids is 1. The molecule has 8 atom stereocenters. The first kappa shape index (κ1) is 44.0. The zero-order valence-corrected chi connectivity index (χ0v) is 34.9. The summed E-state index contributed by atoms with van der Waals surface area (Å²) in [6.07, 6.45) is -4.74. The summed E-state index contributed by atoms with van der Waals surface area (Å²) in [6, 6.07) is 46.1. The van der Waals surface area contributed by atoms with E-state index in [2.05, 4.69) is 4.72 Å². The average Bonchev–Trinajstić information content (AvgIpc) is 3.27. The Morgan fingerprint density at radius 1 is 0.644 bits per heavy atom. The van der Waals surface area contributed by atoms with E-state index in [1.807, 2.05) is 121 Å². The van der Waals surface area contributed by atoms with Crippen molar-refractivity contribution < 1.29 is 42.5 Å². The monoisotopic (exact) mass is 821 g/mol. The summed E-state index contributed by atoms with van der Waals surface area (Å²) in [5, 5.41) is 13.0. The van der Waals surface area contributed by atoms with E-state index < -0.39 is 63.9 Å². The van der Waals surface area contributed by atoms with Crippen LogP contribution in [-0.4, -0.2) is 70.3 Å². The lowest BCUT2D eigenvalue weighted by molar-refractivity contribution is -0.284. The molecule has 0 saturated carbocycles. The maximum absolute atomic E-state index is 14.3. The van der Waals surface area contributed by atoms with Gasteiger partial charge >= 0.3 is 5.97 Å². The second-order valence-corrected chi connectivity index (χ2v) is 17.5. The van der Waals surface area contributed by atoms with E-state index in [9.17, 15) is 14.1 Å². The van der Waals surface area contributed by atoms with Crippen LogP contribution in [0.4, 0.5) is 0 Å². The lowest BCUT2D eigenvalue weighted by atomic mass is 9.79. The van der Waals surface area contributed by atoms with Gasteiger partial charge in [-0.1, -0.05) is 152 Å². The molecule has 0 aliphatic carbocycles. The van der Waals surface area contributed by atoms with E-state index in [4.69, 9.17) is 28.4 Å². The SMILES string of the molecule is COC(=O)[C@@](O)(c1ccccc1)[C@H](N[S@@](=O)C(C)(C)C)[C@@H]1O[C@H](COCc2ccccc2)[C@@H](OCc2ccccc2)[C@H](OCc2ccccc2)[C@H]1OCc1ccccc1. The number of hydrogen-bond acceptors (Lipinski definition) is 9. The number of aliphatic hydroxyl groups is 1. The summed E-state index contributed by atoms with van der Waals surface area (Å²) >= 11 is 0. The third-order valence-electron chi connectivity index (χ3n) is 10.2. The van der Waals surface area contributed by atoms with Crippen molar-refractivity contribution >= 4 is 17.0 Å². The first-order chi connectivity index (χ1) is 28.6. The Morgan fingerprint density at radius 2 is 1.05 bits per heavy atom. The third-order valence-corrected chi connectivity index (χ3v) is 11.8. The topological polar surface area (TPSA) is 122 Å². The fourth-order valence-corrected chi connectivity index (χ4v) is 7.94. The van der Waals surface area contributed by atoms with Crippen molar-refractivity contribution in [2.45, 2.75) is 94.1 Å². The van der Waals surface area contributed by atoms with Crippen LogP contribution in [0.25, 0.3) is 0 Å². The predicted octanol–water partition coefficient (Wildman–Crippen LogP) is 7.21. The van der Waals surface area contributed by atoms with Gasteiger partial charge in [-0.3, -0.25) is 0 Å². The maximum atomic E-state index is 14.3. The fourth-order valence-electron chi connectivity index (χ4n) is 7.05. The molecule has 0 bridgehead atoms. The summed E-state index contributed by atoms with van der Waals surface area (Å²) in [5.41, 5.74) is 1.46. The van der Waals surface area contributed by atoms with Crippen molar-refractivity contribution in [3.8, 4) is 0 Å². The smallest absolute Gasteiger partial charge is 0.344 e. The highest BCUT2D eigenvalue weighted by molar-refractivity contribution is 7.84. The van der Waals surface area contributed by atoms with E-state index >= 15 is 0 Å². The molecule has 312 valence electrons. The van der Waals surface area contributed by atoms with Gasteiger partial charge in [0.2, 0.25) is 5.60 Å². The molecule has 1 aliphatic rings. The minimum atomic E-state index is -2.44. The van der Waals surface area contributed by atoms with Crippen molar-refractivity contribution in [3.05, 3.63) is 179 Å². The number of benzene rings is 5. The Morgan fingerprint density at radius 3 is 1.49 bits per heavy atom. The molecule has 5 aromatic rings. The Labute approximate surface area is 350 Å². The van der Waals surface area contributed by atoms with Gasteiger partial charge in [-0.15, -0.1) is 0 Å². The van der Waals surface area contributed by atoms with Gasteiger partial charge in [0.1, 0.15) is 30.5 Å². The van der Waals surface area contributed by atoms with Crippen molar-refractivity contribution in [1.29, 1.82) is 0 Å². The molecule has 10 nitrogen and oxygen atoms in total. The molecule has 2 N–H and O–H groups in total. The second kappa shape index (κ2) is 21.1. The highest BCUT2D eigenvalue weighted by atomic mass is 32.2. The minimum absolute atomic E-state index is 0.0402. The summed E-state index contributed by atoms with van der Waals surface area (Å²) in [5.74, 6) is -0.974. The number of esters is 1. The molecule has 0 unspecified atom stereocenters. The normalized spacial score (nSPS) is 21.5. The summed E-state index contributed by atoms with van der Waals surface area (Å²) in [4.78, 5) is 14.2. The van der Waals surface area contributed by atoms with Gasteiger partial charge < -0.3 is 33.5 Å². The molecule has 0 spiro atoms. The van der Waals surface area contributed by atoms with Crippen LogP contribution in [0.1, 0.15) is 48.6 Å². The third kappa shape index (κ3) is 11.6. The highest BCUT2D eigenvalue weighted by Gasteiger charge is 2.59. The van der Waals surface area contributed by atoms with Crippen molar-refractivity contribution in [1.82, 2.24) is 4.72 Å². The van der Waals surface area contributed by atoms with Crippen molar-refractivity contribution in [2.24, 2.45) is 0 Å². The molecule has 1 saturated heterocycles. The van der Waals surface area contributed by atoms with Crippen LogP contribution < -0.4 is 4.72 Å². The van der Waals surface area contributed by atoms with Gasteiger partial charge in [-0.25, -0.2) is 13.7 Å². The predicted molar refractivity (Wildman–Crippen MR) is 227 cm³/mol. The van der Waals surface area contributed by atoms with Gasteiger partial charge in [0.15, 0.2) is 0 Å². The lowest BCUT2D eigenvalue weighted by Crippen LogP contribution is -2.71. The largest absolute Gasteiger partial charge is 0.467 e. The molecule has 6 rings (SSSR count). The highest BCUT2D eigenvalue weighted by Crippen LogP contribution is 2.39. The summed E-state index contributed by atoms with van der Waals surface area (Å²) in [7, 11) is -0.636. The van der Waals surface area contributed by atoms with Crippen molar-refractivity contribution in [2.75, 3.05) is 13.7 Å². The zero-order valence-electron chi connectivity index (χ0n) is 34.1. The second-order valence-electron chi connectivity index (χ2n) is 15.5. The molecule has 0 aromatic heterocycles. The zero-order chi connectivity index (χ0) is 41.7. The van der Waals surface area contributed by atoms with E-state index in [0.29, 0.717) is 0 Å². The maximum Gasteiger partial charge on any atom is 0.344 e.